The van der Waals surface area contributed by atoms with Crippen molar-refractivity contribution in [3.8, 4) is 11.4 Å². The highest BCUT2D eigenvalue weighted by Crippen LogP contribution is 2.26. The van der Waals surface area contributed by atoms with Crippen molar-refractivity contribution < 1.29 is 0 Å². The summed E-state index contributed by atoms with van der Waals surface area (Å²) in [6.45, 7) is 6.32. The van der Waals surface area contributed by atoms with Crippen LogP contribution in [0.15, 0.2) is 30.6 Å². The molecule has 0 bridgehead atoms. The van der Waals surface area contributed by atoms with Crippen LogP contribution in [0.3, 0.4) is 0 Å². The van der Waals surface area contributed by atoms with Gasteiger partial charge in [-0.15, -0.1) is 0 Å². The van der Waals surface area contributed by atoms with Gasteiger partial charge >= 0.3 is 0 Å². The molecule has 0 saturated heterocycles. The zero-order chi connectivity index (χ0) is 13.9. The van der Waals surface area contributed by atoms with Crippen LogP contribution in [0.25, 0.3) is 11.4 Å². The lowest BCUT2D eigenvalue weighted by molar-refractivity contribution is 0.676. The third kappa shape index (κ3) is 2.93. The molecule has 0 amide bonds. The van der Waals surface area contributed by atoms with Crippen molar-refractivity contribution in [1.29, 1.82) is 0 Å². The molecule has 0 atom stereocenters. The maximum absolute atomic E-state index is 4.58. The van der Waals surface area contributed by atoms with Gasteiger partial charge in [0.25, 0.3) is 0 Å². The van der Waals surface area contributed by atoms with Gasteiger partial charge in [0, 0.05) is 37.1 Å². The maximum atomic E-state index is 4.58. The molecule has 0 aliphatic heterocycles. The summed E-state index contributed by atoms with van der Waals surface area (Å²) in [7, 11) is 0. The zero-order valence-electron chi connectivity index (χ0n) is 12.4. The minimum absolute atomic E-state index is 0.736. The third-order valence-corrected chi connectivity index (χ3v) is 3.84. The van der Waals surface area contributed by atoms with Crippen molar-refractivity contribution in [2.24, 2.45) is 0 Å². The molecule has 1 heterocycles. The summed E-state index contributed by atoms with van der Waals surface area (Å²) in [5, 5.41) is 3.61. The Morgan fingerprint density at radius 1 is 1.35 bits per heavy atom. The van der Waals surface area contributed by atoms with Gasteiger partial charge in [-0.2, -0.15) is 0 Å². The van der Waals surface area contributed by atoms with Crippen LogP contribution >= 0.6 is 0 Å². The molecule has 3 heteroatoms. The van der Waals surface area contributed by atoms with E-state index in [2.05, 4.69) is 53.1 Å². The zero-order valence-corrected chi connectivity index (χ0v) is 12.4. The van der Waals surface area contributed by atoms with Crippen molar-refractivity contribution in [2.45, 2.75) is 52.2 Å². The van der Waals surface area contributed by atoms with Crippen LogP contribution < -0.4 is 5.32 Å². The Kier molecular flexibility index (Phi) is 3.88. The van der Waals surface area contributed by atoms with Gasteiger partial charge in [-0.25, -0.2) is 4.98 Å². The highest BCUT2D eigenvalue weighted by Gasteiger charge is 2.21. The Bertz CT molecular complexity index is 582. The molecule has 3 rings (SSSR count). The lowest BCUT2D eigenvalue weighted by atomic mass is 10.0. The summed E-state index contributed by atoms with van der Waals surface area (Å²) in [5.74, 6) is 1.10. The molecule has 0 unspecified atom stereocenters. The second kappa shape index (κ2) is 5.80. The molecule has 1 saturated carbocycles. The minimum atomic E-state index is 0.736. The monoisotopic (exact) mass is 269 g/mol. The molecule has 106 valence electrons. The van der Waals surface area contributed by atoms with Crippen LogP contribution in [0.1, 0.15) is 37.3 Å². The molecule has 0 spiro atoms. The fraction of sp³-hybridized carbons (Fsp3) is 0.471. The van der Waals surface area contributed by atoms with E-state index in [0.29, 0.717) is 0 Å². The van der Waals surface area contributed by atoms with Crippen molar-refractivity contribution in [1.82, 2.24) is 14.9 Å². The average Bonchev–Trinajstić information content (AvgIpc) is 3.16. The van der Waals surface area contributed by atoms with Gasteiger partial charge in [0.2, 0.25) is 0 Å². The van der Waals surface area contributed by atoms with Crippen LogP contribution in [0.2, 0.25) is 0 Å². The van der Waals surface area contributed by atoms with E-state index in [0.717, 1.165) is 31.4 Å². The van der Waals surface area contributed by atoms with Gasteiger partial charge in [-0.1, -0.05) is 24.6 Å². The summed E-state index contributed by atoms with van der Waals surface area (Å²) in [6, 6.07) is 7.43. The van der Waals surface area contributed by atoms with E-state index >= 15 is 0 Å². The fourth-order valence-corrected chi connectivity index (χ4v) is 2.57. The number of hydrogen-bond donors (Lipinski definition) is 1. The molecule has 1 aliphatic rings. The maximum Gasteiger partial charge on any atom is 0.140 e. The lowest BCUT2D eigenvalue weighted by Gasteiger charge is -2.13. The first-order valence-corrected chi connectivity index (χ1v) is 7.62. The van der Waals surface area contributed by atoms with Crippen LogP contribution in [0.4, 0.5) is 0 Å². The Balaban J connectivity index is 1.92. The second-order valence-corrected chi connectivity index (χ2v) is 5.76. The first-order valence-electron chi connectivity index (χ1n) is 7.62. The number of imidazole rings is 1. The Morgan fingerprint density at radius 2 is 2.20 bits per heavy atom. The molecular formula is C17H23N3. The van der Waals surface area contributed by atoms with Gasteiger partial charge < -0.3 is 9.88 Å². The standard InChI is InChI=1S/C17H23N3/c1-3-9-20-10-8-18-17(20)16-11-13(2)4-5-14(16)12-19-15-6-7-15/h4-5,8,10-11,15,19H,3,6-7,9,12H2,1-2H3. The summed E-state index contributed by atoms with van der Waals surface area (Å²) in [5.41, 5.74) is 3.92. The Labute approximate surface area is 121 Å². The van der Waals surface area contributed by atoms with Crippen LogP contribution in [-0.2, 0) is 13.1 Å². The molecular weight excluding hydrogens is 246 g/mol. The Hall–Kier alpha value is -1.61. The predicted octanol–water partition coefficient (Wildman–Crippen LogP) is 3.52. The summed E-state index contributed by atoms with van der Waals surface area (Å²) < 4.78 is 2.26. The number of nitrogens with zero attached hydrogens (tertiary/aromatic N) is 2. The van der Waals surface area contributed by atoms with Crippen molar-refractivity contribution in [2.75, 3.05) is 0 Å². The SMILES string of the molecule is CCCn1ccnc1-c1cc(C)ccc1CNC1CC1. The molecule has 2 aromatic rings. The molecule has 0 radical (unpaired) electrons. The molecule has 3 nitrogen and oxygen atoms in total. The van der Waals surface area contributed by atoms with Crippen molar-refractivity contribution in [3.05, 3.63) is 41.7 Å². The highest BCUT2D eigenvalue weighted by molar-refractivity contribution is 5.62. The van der Waals surface area contributed by atoms with Crippen LogP contribution in [0.5, 0.6) is 0 Å². The summed E-state index contributed by atoms with van der Waals surface area (Å²) >= 11 is 0. The number of benzene rings is 1. The molecule has 1 aromatic heterocycles. The summed E-state index contributed by atoms with van der Waals surface area (Å²) in [6.07, 6.45) is 7.77. The lowest BCUT2D eigenvalue weighted by Crippen LogP contribution is -2.16. The van der Waals surface area contributed by atoms with Crippen molar-refractivity contribution >= 4 is 0 Å². The quantitative estimate of drug-likeness (QED) is 0.869. The third-order valence-electron chi connectivity index (χ3n) is 3.84. The molecule has 1 fully saturated rings. The number of aryl methyl sites for hydroxylation is 2. The van der Waals surface area contributed by atoms with E-state index in [9.17, 15) is 0 Å². The van der Waals surface area contributed by atoms with Gasteiger partial charge in [-0.3, -0.25) is 0 Å². The topological polar surface area (TPSA) is 29.9 Å². The van der Waals surface area contributed by atoms with Crippen LogP contribution in [-0.4, -0.2) is 15.6 Å². The second-order valence-electron chi connectivity index (χ2n) is 5.76. The van der Waals surface area contributed by atoms with E-state index in [1.54, 1.807) is 0 Å². The van der Waals surface area contributed by atoms with E-state index in [1.165, 1.54) is 29.5 Å². The van der Waals surface area contributed by atoms with Gasteiger partial charge in [0.15, 0.2) is 0 Å². The highest BCUT2D eigenvalue weighted by atomic mass is 15.1. The van der Waals surface area contributed by atoms with E-state index < -0.39 is 0 Å². The number of rotatable bonds is 6. The molecule has 1 aliphatic carbocycles. The van der Waals surface area contributed by atoms with Gasteiger partial charge in [0.1, 0.15) is 5.82 Å². The first-order chi connectivity index (χ1) is 9.78. The number of hydrogen-bond acceptors (Lipinski definition) is 2. The average molecular weight is 269 g/mol. The minimum Gasteiger partial charge on any atom is -0.331 e. The van der Waals surface area contributed by atoms with Gasteiger partial charge in [-0.05, 0) is 37.8 Å². The number of aromatic nitrogens is 2. The number of nitrogens with one attached hydrogen (secondary N) is 1. The normalized spacial score (nSPS) is 14.7. The van der Waals surface area contributed by atoms with E-state index in [-0.39, 0.29) is 0 Å². The smallest absolute Gasteiger partial charge is 0.140 e. The summed E-state index contributed by atoms with van der Waals surface area (Å²) in [4.78, 5) is 4.58. The Morgan fingerprint density at radius 3 is 2.95 bits per heavy atom. The molecule has 1 aromatic carbocycles. The predicted molar refractivity (Wildman–Crippen MR) is 82.6 cm³/mol. The molecule has 1 N–H and O–H groups in total. The van der Waals surface area contributed by atoms with Gasteiger partial charge in [0.05, 0.1) is 0 Å². The van der Waals surface area contributed by atoms with Crippen LogP contribution in [0, 0.1) is 6.92 Å². The molecule has 20 heavy (non-hydrogen) atoms. The largest absolute Gasteiger partial charge is 0.331 e. The van der Waals surface area contributed by atoms with E-state index in [1.807, 2.05) is 6.20 Å². The first kappa shape index (κ1) is 13.4. The van der Waals surface area contributed by atoms with Crippen molar-refractivity contribution in [3.63, 3.8) is 0 Å². The fourth-order valence-electron chi connectivity index (χ4n) is 2.57. The van der Waals surface area contributed by atoms with E-state index in [4.69, 9.17) is 0 Å².